The predicted octanol–water partition coefficient (Wildman–Crippen LogP) is 5.39. The topological polar surface area (TPSA) is 38.8 Å². The Labute approximate surface area is 161 Å². The molecule has 0 bridgehead atoms. The third-order valence-electron chi connectivity index (χ3n) is 3.60. The van der Waals surface area contributed by atoms with E-state index < -0.39 is 29.4 Å². The summed E-state index contributed by atoms with van der Waals surface area (Å²) in [4.78, 5) is 14.1. The summed E-state index contributed by atoms with van der Waals surface area (Å²) in [5, 5.41) is 0. The molecule has 0 aromatic heterocycles. The summed E-state index contributed by atoms with van der Waals surface area (Å²) in [5.41, 5.74) is -1.66. The number of hydrogen-bond donors (Lipinski definition) is 0. The van der Waals surface area contributed by atoms with E-state index in [9.17, 15) is 4.79 Å². The lowest BCUT2D eigenvalue weighted by Crippen LogP contribution is -2.57. The number of amides is 1. The van der Waals surface area contributed by atoms with Crippen LogP contribution in [0.5, 0.6) is 0 Å². The van der Waals surface area contributed by atoms with Gasteiger partial charge in [0.2, 0.25) is 3.79 Å². The number of hydrogen-bond acceptors (Lipinski definition) is 3. The lowest BCUT2D eigenvalue weighted by Gasteiger charge is -2.44. The molecule has 4 nitrogen and oxygen atoms in total. The van der Waals surface area contributed by atoms with E-state index in [1.54, 1.807) is 11.0 Å². The number of halogens is 3. The second-order valence-electron chi connectivity index (χ2n) is 8.18. The Bertz CT molecular complexity index is 482. The van der Waals surface area contributed by atoms with Crippen LogP contribution in [-0.2, 0) is 9.16 Å². The van der Waals surface area contributed by atoms with Crippen LogP contribution in [-0.4, -0.2) is 47.4 Å². The van der Waals surface area contributed by atoms with Crippen LogP contribution in [0.3, 0.4) is 0 Å². The van der Waals surface area contributed by atoms with Crippen LogP contribution in [0, 0.1) is 5.92 Å². The van der Waals surface area contributed by atoms with E-state index in [-0.39, 0.29) is 12.5 Å². The highest BCUT2D eigenvalue weighted by atomic mass is 35.6. The molecule has 0 unspecified atom stereocenters. The lowest BCUT2D eigenvalue weighted by atomic mass is 9.89. The summed E-state index contributed by atoms with van der Waals surface area (Å²) in [6, 6.07) is 0. The molecule has 8 heteroatoms. The summed E-state index contributed by atoms with van der Waals surface area (Å²) in [6.07, 6.45) is 1.92. The van der Waals surface area contributed by atoms with Crippen molar-refractivity contribution in [3.05, 3.63) is 12.7 Å². The minimum Gasteiger partial charge on any atom is -0.444 e. The van der Waals surface area contributed by atoms with E-state index in [0.29, 0.717) is 13.0 Å². The number of nitrogens with zero attached hydrogens (tertiary/aromatic N) is 1. The second-order valence-corrected chi connectivity index (χ2v) is 14.9. The number of carbonyl (C=O) groups excluding carboxylic acids is 1. The Morgan fingerprint density at radius 1 is 1.33 bits per heavy atom. The Morgan fingerprint density at radius 2 is 1.88 bits per heavy atom. The smallest absolute Gasteiger partial charge is 0.410 e. The minimum absolute atomic E-state index is 0.165. The molecule has 24 heavy (non-hydrogen) atoms. The average molecular weight is 417 g/mol. The molecule has 0 aliphatic carbocycles. The van der Waals surface area contributed by atoms with Gasteiger partial charge in [-0.15, -0.1) is 6.58 Å². The molecule has 1 amide bonds. The van der Waals surface area contributed by atoms with Crippen molar-refractivity contribution in [3.63, 3.8) is 0 Å². The van der Waals surface area contributed by atoms with Crippen LogP contribution < -0.4 is 0 Å². The van der Waals surface area contributed by atoms with Gasteiger partial charge < -0.3 is 14.1 Å². The van der Waals surface area contributed by atoms with E-state index in [2.05, 4.69) is 6.58 Å². The maximum Gasteiger partial charge on any atom is 0.410 e. The highest BCUT2D eigenvalue weighted by Crippen LogP contribution is 2.51. The van der Waals surface area contributed by atoms with Crippen LogP contribution in [0.1, 0.15) is 27.2 Å². The molecular weight excluding hydrogens is 389 g/mol. The lowest BCUT2D eigenvalue weighted by molar-refractivity contribution is 0.0155. The standard InChI is InChI=1S/C16H28Cl3NO3Si/c1-8-9-12-10-20(13(21)22-14(2,3)4)11-15(12,16(17,18)19)23-24(5,6)7/h8,12H,1,9-11H2,2-7H3/t12-,15+/m0/s1. The summed E-state index contributed by atoms with van der Waals surface area (Å²) in [6.45, 7) is 15.9. The van der Waals surface area contributed by atoms with Gasteiger partial charge in [-0.3, -0.25) is 0 Å². The fourth-order valence-corrected chi connectivity index (χ4v) is 5.29. The largest absolute Gasteiger partial charge is 0.444 e. The number of carbonyl (C=O) groups is 1. The predicted molar refractivity (Wildman–Crippen MR) is 104 cm³/mol. The first kappa shape index (κ1) is 22.1. The van der Waals surface area contributed by atoms with Crippen LogP contribution in [0.15, 0.2) is 12.7 Å². The molecule has 1 saturated heterocycles. The van der Waals surface area contributed by atoms with Gasteiger partial charge in [0, 0.05) is 12.5 Å². The van der Waals surface area contributed by atoms with Crippen LogP contribution in [0.25, 0.3) is 0 Å². The Balaban J connectivity index is 3.20. The van der Waals surface area contributed by atoms with Crippen molar-refractivity contribution in [2.45, 2.75) is 61.8 Å². The zero-order valence-electron chi connectivity index (χ0n) is 15.3. The molecule has 0 aromatic rings. The van der Waals surface area contributed by atoms with E-state index in [1.165, 1.54) is 0 Å². The molecule has 140 valence electrons. The molecule has 1 fully saturated rings. The third-order valence-corrected chi connectivity index (χ3v) is 5.53. The molecule has 0 spiro atoms. The van der Waals surface area contributed by atoms with Crippen molar-refractivity contribution in [2.75, 3.05) is 13.1 Å². The van der Waals surface area contributed by atoms with Gasteiger partial charge in [0.15, 0.2) is 8.32 Å². The summed E-state index contributed by atoms with van der Waals surface area (Å²) in [7, 11) is -2.05. The molecule has 1 aliphatic heterocycles. The molecule has 0 saturated carbocycles. The highest BCUT2D eigenvalue weighted by molar-refractivity contribution is 6.71. The summed E-state index contributed by atoms with van der Waals surface area (Å²) in [5.74, 6) is -0.165. The molecular formula is C16H28Cl3NO3Si. The quantitative estimate of drug-likeness (QED) is 0.350. The highest BCUT2D eigenvalue weighted by Gasteiger charge is 2.61. The van der Waals surface area contributed by atoms with E-state index >= 15 is 0 Å². The maximum atomic E-state index is 12.5. The first-order chi connectivity index (χ1) is 10.6. The van der Waals surface area contributed by atoms with Gasteiger partial charge in [0.1, 0.15) is 11.2 Å². The van der Waals surface area contributed by atoms with Crippen LogP contribution in [0.4, 0.5) is 4.79 Å². The fourth-order valence-electron chi connectivity index (χ4n) is 2.86. The van der Waals surface area contributed by atoms with Crippen molar-refractivity contribution in [2.24, 2.45) is 5.92 Å². The van der Waals surface area contributed by atoms with Crippen molar-refractivity contribution in [1.82, 2.24) is 4.90 Å². The number of likely N-dealkylation sites (tertiary alicyclic amines) is 1. The second kappa shape index (κ2) is 7.35. The molecule has 1 heterocycles. The van der Waals surface area contributed by atoms with Crippen LogP contribution >= 0.6 is 34.8 Å². The van der Waals surface area contributed by atoms with Crippen molar-refractivity contribution in [1.29, 1.82) is 0 Å². The average Bonchev–Trinajstić information content (AvgIpc) is 2.65. The maximum absolute atomic E-state index is 12.5. The molecule has 0 radical (unpaired) electrons. The van der Waals surface area contributed by atoms with E-state index in [1.807, 2.05) is 40.4 Å². The monoisotopic (exact) mass is 415 g/mol. The Kier molecular flexibility index (Phi) is 6.77. The van der Waals surface area contributed by atoms with Gasteiger partial charge in [-0.1, -0.05) is 40.9 Å². The van der Waals surface area contributed by atoms with Gasteiger partial charge in [0.05, 0.1) is 6.54 Å². The van der Waals surface area contributed by atoms with Crippen molar-refractivity contribution < 1.29 is 14.0 Å². The minimum atomic E-state index is -2.05. The van der Waals surface area contributed by atoms with Gasteiger partial charge >= 0.3 is 6.09 Å². The summed E-state index contributed by atoms with van der Waals surface area (Å²) < 4.78 is 10.2. The van der Waals surface area contributed by atoms with E-state index in [4.69, 9.17) is 44.0 Å². The SMILES string of the molecule is C=CC[C@H]1CN(C(=O)OC(C)(C)C)C[C@]1(O[Si](C)(C)C)C(Cl)(Cl)Cl. The Hall–Kier alpha value is 0.0569. The first-order valence-electron chi connectivity index (χ1n) is 7.97. The summed E-state index contributed by atoms with van der Waals surface area (Å²) >= 11 is 19.1. The molecule has 1 rings (SSSR count). The molecule has 0 aromatic carbocycles. The zero-order chi connectivity index (χ0) is 19.0. The zero-order valence-corrected chi connectivity index (χ0v) is 18.6. The van der Waals surface area contributed by atoms with Crippen molar-refractivity contribution >= 4 is 49.2 Å². The van der Waals surface area contributed by atoms with Crippen molar-refractivity contribution in [3.8, 4) is 0 Å². The van der Waals surface area contributed by atoms with Gasteiger partial charge in [-0.25, -0.2) is 4.79 Å². The molecule has 1 aliphatic rings. The number of alkyl halides is 3. The number of rotatable bonds is 4. The van der Waals surface area contributed by atoms with Gasteiger partial charge in [-0.05, 0) is 46.8 Å². The third kappa shape index (κ3) is 5.53. The number of ether oxygens (including phenoxy) is 1. The number of allylic oxidation sites excluding steroid dienone is 1. The van der Waals surface area contributed by atoms with E-state index in [0.717, 1.165) is 0 Å². The molecule has 0 N–H and O–H groups in total. The van der Waals surface area contributed by atoms with Crippen LogP contribution in [0.2, 0.25) is 19.6 Å². The van der Waals surface area contributed by atoms with Gasteiger partial charge in [-0.2, -0.15) is 0 Å². The normalized spacial score (nSPS) is 25.7. The Morgan fingerprint density at radius 3 is 2.25 bits per heavy atom. The first-order valence-corrected chi connectivity index (χ1v) is 12.5. The molecule has 2 atom stereocenters. The fraction of sp³-hybridized carbons (Fsp3) is 0.812. The van der Waals surface area contributed by atoms with Gasteiger partial charge in [0.25, 0.3) is 0 Å².